The number of aromatic carboxylic acids is 1. The molecule has 29 heavy (non-hydrogen) atoms. The van der Waals surface area contributed by atoms with Gasteiger partial charge in [0, 0.05) is 31.4 Å². The summed E-state index contributed by atoms with van der Waals surface area (Å²) in [6.45, 7) is 0.920. The van der Waals surface area contributed by atoms with Gasteiger partial charge in [-0.05, 0) is 37.5 Å². The zero-order valence-electron chi connectivity index (χ0n) is 15.7. The highest BCUT2D eigenvalue weighted by Gasteiger charge is 2.43. The lowest BCUT2D eigenvalue weighted by atomic mass is 9.98. The number of nitrogens with zero attached hydrogens (tertiary/aromatic N) is 2. The Morgan fingerprint density at radius 3 is 2.48 bits per heavy atom. The Balaban J connectivity index is 1.76. The third kappa shape index (κ3) is 2.56. The smallest absolute Gasteiger partial charge is 0.341 e. The summed E-state index contributed by atoms with van der Waals surface area (Å²) in [5.41, 5.74) is 9.75. The first-order chi connectivity index (χ1) is 13.8. The molecule has 0 amide bonds. The van der Waals surface area contributed by atoms with E-state index in [9.17, 15) is 14.7 Å². The van der Waals surface area contributed by atoms with Gasteiger partial charge in [0.2, 0.25) is 5.43 Å². The summed E-state index contributed by atoms with van der Waals surface area (Å²) in [5.74, 6) is -2.87. The maximum absolute atomic E-state index is 15.7. The molecule has 2 aromatic rings. The molecule has 5 N–H and O–H groups in total. The van der Waals surface area contributed by atoms with Crippen molar-refractivity contribution in [1.82, 2.24) is 4.57 Å². The number of anilines is 2. The van der Waals surface area contributed by atoms with Crippen LogP contribution in [0.15, 0.2) is 11.0 Å². The van der Waals surface area contributed by atoms with Crippen LogP contribution in [-0.4, -0.2) is 34.8 Å². The molecule has 1 saturated heterocycles. The van der Waals surface area contributed by atoms with Crippen molar-refractivity contribution < 1.29 is 18.7 Å². The minimum absolute atomic E-state index is 0.0108. The molecule has 154 valence electrons. The van der Waals surface area contributed by atoms with Crippen LogP contribution < -0.4 is 21.8 Å². The first-order valence-corrected chi connectivity index (χ1v) is 9.88. The zero-order valence-corrected chi connectivity index (χ0v) is 15.7. The molecule has 7 nitrogen and oxygen atoms in total. The van der Waals surface area contributed by atoms with E-state index >= 15 is 8.78 Å². The maximum Gasteiger partial charge on any atom is 0.341 e. The number of nitrogen functional groups attached to an aromatic ring is 1. The van der Waals surface area contributed by atoms with Gasteiger partial charge in [0.05, 0.1) is 16.6 Å². The quantitative estimate of drug-likeness (QED) is 0.675. The molecule has 1 aromatic carbocycles. The van der Waals surface area contributed by atoms with Crippen LogP contribution in [-0.2, 0) is 0 Å². The van der Waals surface area contributed by atoms with Crippen molar-refractivity contribution in [3.63, 3.8) is 0 Å². The van der Waals surface area contributed by atoms with Crippen LogP contribution in [0, 0.1) is 23.5 Å². The SMILES string of the molecule is Nc1c(F)c(N2C[C@H]3CC[C@@H](N)[C@H]3C2)c(F)c2c1c(=O)c(C(=O)O)cn2C1CC1. The van der Waals surface area contributed by atoms with Crippen molar-refractivity contribution in [1.29, 1.82) is 0 Å². The van der Waals surface area contributed by atoms with Crippen molar-refractivity contribution in [2.75, 3.05) is 23.7 Å². The number of hydrogen-bond acceptors (Lipinski definition) is 5. The first-order valence-electron chi connectivity index (χ1n) is 9.88. The van der Waals surface area contributed by atoms with Gasteiger partial charge in [-0.25, -0.2) is 13.6 Å². The fraction of sp³-hybridized carbons (Fsp3) is 0.500. The van der Waals surface area contributed by atoms with Gasteiger partial charge in [-0.15, -0.1) is 0 Å². The highest BCUT2D eigenvalue weighted by atomic mass is 19.1. The van der Waals surface area contributed by atoms with Crippen LogP contribution >= 0.6 is 0 Å². The fourth-order valence-corrected chi connectivity index (χ4v) is 5.11. The Morgan fingerprint density at radius 2 is 1.86 bits per heavy atom. The van der Waals surface area contributed by atoms with Crippen molar-refractivity contribution in [2.24, 2.45) is 17.6 Å². The predicted octanol–water partition coefficient (Wildman–Crippen LogP) is 2.07. The molecule has 3 aliphatic rings. The van der Waals surface area contributed by atoms with Crippen molar-refractivity contribution in [3.05, 3.63) is 33.6 Å². The summed E-state index contributed by atoms with van der Waals surface area (Å²) in [7, 11) is 0. The van der Waals surface area contributed by atoms with Gasteiger partial charge in [-0.3, -0.25) is 4.79 Å². The maximum atomic E-state index is 15.7. The average Bonchev–Trinajstić information content (AvgIpc) is 3.34. The van der Waals surface area contributed by atoms with E-state index in [-0.39, 0.29) is 35.1 Å². The number of pyridine rings is 1. The molecule has 0 unspecified atom stereocenters. The molecule has 1 aromatic heterocycles. The molecule has 5 rings (SSSR count). The fourth-order valence-electron chi connectivity index (χ4n) is 5.11. The standard InChI is InChI=1S/C20H22F2N4O3/c21-14-16(24)13-17(26(9-2-3-9)7-11(19(13)27)20(28)29)15(22)18(14)25-5-8-1-4-12(23)10(8)6-25/h7-10,12H,1-6,23-24H2,(H,28,29)/t8-,10+,12-/m1/s1. The van der Waals surface area contributed by atoms with E-state index in [0.29, 0.717) is 13.1 Å². The summed E-state index contributed by atoms with van der Waals surface area (Å²) in [4.78, 5) is 25.8. The first kappa shape index (κ1) is 18.4. The third-order valence-electron chi connectivity index (χ3n) is 6.76. The molecule has 2 aliphatic carbocycles. The molecule has 2 saturated carbocycles. The van der Waals surface area contributed by atoms with Crippen LogP contribution in [0.1, 0.15) is 42.1 Å². The number of carboxylic acids is 1. The van der Waals surface area contributed by atoms with Gasteiger partial charge < -0.3 is 26.0 Å². The molecular weight excluding hydrogens is 382 g/mol. The largest absolute Gasteiger partial charge is 0.477 e. The average molecular weight is 404 g/mol. The molecule has 1 aliphatic heterocycles. The number of benzene rings is 1. The predicted molar refractivity (Wildman–Crippen MR) is 104 cm³/mol. The molecular formula is C20H22F2N4O3. The van der Waals surface area contributed by atoms with E-state index < -0.39 is 39.7 Å². The summed E-state index contributed by atoms with van der Waals surface area (Å²) >= 11 is 0. The zero-order chi connectivity index (χ0) is 20.6. The number of carbonyl (C=O) groups is 1. The second kappa shape index (κ2) is 6.16. The molecule has 3 fully saturated rings. The van der Waals surface area contributed by atoms with Gasteiger partial charge >= 0.3 is 5.97 Å². The topological polar surface area (TPSA) is 115 Å². The van der Waals surface area contributed by atoms with E-state index in [1.54, 1.807) is 4.90 Å². The number of carboxylic acid groups (broad SMARTS) is 1. The summed E-state index contributed by atoms with van der Waals surface area (Å²) in [6, 6.07) is -0.119. The molecule has 0 bridgehead atoms. The highest BCUT2D eigenvalue weighted by Crippen LogP contribution is 2.45. The van der Waals surface area contributed by atoms with E-state index in [1.165, 1.54) is 4.57 Å². The lowest BCUT2D eigenvalue weighted by Crippen LogP contribution is -2.31. The van der Waals surface area contributed by atoms with Gasteiger partial charge in [0.25, 0.3) is 0 Å². The van der Waals surface area contributed by atoms with Crippen molar-refractivity contribution >= 4 is 28.2 Å². The Kier molecular flexibility index (Phi) is 3.90. The van der Waals surface area contributed by atoms with E-state index in [4.69, 9.17) is 11.5 Å². The van der Waals surface area contributed by atoms with Crippen LogP contribution in [0.2, 0.25) is 0 Å². The minimum Gasteiger partial charge on any atom is -0.477 e. The van der Waals surface area contributed by atoms with E-state index in [0.717, 1.165) is 31.9 Å². The minimum atomic E-state index is -1.45. The van der Waals surface area contributed by atoms with Crippen LogP contribution in [0.3, 0.4) is 0 Å². The van der Waals surface area contributed by atoms with Gasteiger partial charge in [-0.1, -0.05) is 0 Å². The van der Waals surface area contributed by atoms with E-state index in [1.807, 2.05) is 0 Å². The van der Waals surface area contributed by atoms with Crippen molar-refractivity contribution in [2.45, 2.75) is 37.8 Å². The van der Waals surface area contributed by atoms with Crippen LogP contribution in [0.4, 0.5) is 20.2 Å². The Hall–Kier alpha value is -2.68. The lowest BCUT2D eigenvalue weighted by Gasteiger charge is -2.25. The number of rotatable bonds is 3. The summed E-state index contributed by atoms with van der Waals surface area (Å²) in [6.07, 6.45) is 4.44. The Labute approximate surface area is 164 Å². The number of aromatic nitrogens is 1. The second-order valence-corrected chi connectivity index (χ2v) is 8.50. The number of hydrogen-bond donors (Lipinski definition) is 3. The van der Waals surface area contributed by atoms with Gasteiger partial charge in [-0.2, -0.15) is 0 Å². The molecule has 2 heterocycles. The monoisotopic (exact) mass is 404 g/mol. The third-order valence-corrected chi connectivity index (χ3v) is 6.76. The normalized spacial score (nSPS) is 26.3. The molecule has 9 heteroatoms. The Morgan fingerprint density at radius 1 is 1.14 bits per heavy atom. The second-order valence-electron chi connectivity index (χ2n) is 8.50. The number of nitrogens with two attached hydrogens (primary N) is 2. The van der Waals surface area contributed by atoms with Crippen LogP contribution in [0.25, 0.3) is 10.9 Å². The number of fused-ring (bicyclic) bond motifs is 2. The van der Waals surface area contributed by atoms with Gasteiger partial charge in [0.15, 0.2) is 11.6 Å². The molecule has 3 atom stereocenters. The van der Waals surface area contributed by atoms with E-state index in [2.05, 4.69) is 0 Å². The van der Waals surface area contributed by atoms with Crippen LogP contribution in [0.5, 0.6) is 0 Å². The summed E-state index contributed by atoms with van der Waals surface area (Å²) < 4.78 is 32.4. The summed E-state index contributed by atoms with van der Waals surface area (Å²) in [5, 5.41) is 8.97. The molecule has 0 radical (unpaired) electrons. The Bertz CT molecular complexity index is 1110. The van der Waals surface area contributed by atoms with Crippen molar-refractivity contribution in [3.8, 4) is 0 Å². The highest BCUT2D eigenvalue weighted by molar-refractivity contribution is 5.99. The van der Waals surface area contributed by atoms with Gasteiger partial charge in [0.1, 0.15) is 11.3 Å². The lowest BCUT2D eigenvalue weighted by molar-refractivity contribution is 0.0695. The number of halogens is 2. The molecule has 0 spiro atoms.